The van der Waals surface area contributed by atoms with Crippen LogP contribution < -0.4 is 0 Å². The molecule has 0 unspecified atom stereocenters. The number of carbonyl (C=O) groups is 1. The van der Waals surface area contributed by atoms with Gasteiger partial charge in [-0.25, -0.2) is 4.79 Å². The van der Waals surface area contributed by atoms with Crippen molar-refractivity contribution in [1.29, 1.82) is 0 Å². The Morgan fingerprint density at radius 2 is 1.61 bits per heavy atom. The van der Waals surface area contributed by atoms with Crippen LogP contribution in [-0.2, 0) is 10.2 Å². The van der Waals surface area contributed by atoms with Crippen LogP contribution >= 0.6 is 0 Å². The van der Waals surface area contributed by atoms with Crippen molar-refractivity contribution >= 4 is 27.6 Å². The van der Waals surface area contributed by atoms with E-state index >= 15 is 0 Å². The number of methoxy groups -OCH3 is 1. The van der Waals surface area contributed by atoms with E-state index in [1.807, 2.05) is 48.5 Å². The minimum atomic E-state index is -0.554. The van der Waals surface area contributed by atoms with Gasteiger partial charge in [0.15, 0.2) is 0 Å². The minimum Gasteiger partial charge on any atom is -0.506 e. The van der Waals surface area contributed by atoms with Crippen molar-refractivity contribution in [2.45, 2.75) is 26.2 Å². The summed E-state index contributed by atoms with van der Waals surface area (Å²) in [5.74, 6) is -0.609. The minimum absolute atomic E-state index is 0.0548. The molecule has 4 aromatic rings. The van der Waals surface area contributed by atoms with Gasteiger partial charge in [-0.05, 0) is 22.9 Å². The number of ether oxygens (including phenoxy) is 1. The zero-order valence-electron chi connectivity index (χ0n) is 16.5. The first-order valence-corrected chi connectivity index (χ1v) is 9.27. The average Bonchev–Trinajstić information content (AvgIpc) is 3.07. The number of para-hydroxylation sites is 1. The zero-order valence-corrected chi connectivity index (χ0v) is 16.5. The van der Waals surface area contributed by atoms with Gasteiger partial charge in [0.2, 0.25) is 0 Å². The first-order valence-electron chi connectivity index (χ1n) is 9.27. The fraction of sp³-hybridized carbons (Fsp3) is 0.208. The highest BCUT2D eigenvalue weighted by Gasteiger charge is 2.28. The second kappa shape index (κ2) is 6.41. The van der Waals surface area contributed by atoms with Crippen molar-refractivity contribution in [2.75, 3.05) is 7.11 Å². The largest absolute Gasteiger partial charge is 0.506 e. The van der Waals surface area contributed by atoms with Gasteiger partial charge in [-0.3, -0.25) is 0 Å². The molecular formula is C24H23NO3. The van der Waals surface area contributed by atoms with Gasteiger partial charge in [0.1, 0.15) is 11.3 Å². The molecule has 4 rings (SSSR count). The molecule has 0 aliphatic heterocycles. The van der Waals surface area contributed by atoms with Crippen LogP contribution in [0.25, 0.3) is 32.8 Å². The highest BCUT2D eigenvalue weighted by Crippen LogP contribution is 2.46. The normalized spacial score (nSPS) is 11.9. The van der Waals surface area contributed by atoms with Gasteiger partial charge < -0.3 is 14.8 Å². The number of hydrogen-bond donors (Lipinski definition) is 2. The molecule has 0 aliphatic carbocycles. The summed E-state index contributed by atoms with van der Waals surface area (Å²) in [6.07, 6.45) is 0. The maximum absolute atomic E-state index is 12.4. The molecule has 0 fully saturated rings. The summed E-state index contributed by atoms with van der Waals surface area (Å²) in [6, 6.07) is 17.5. The number of rotatable bonds is 2. The lowest BCUT2D eigenvalue weighted by molar-refractivity contribution is 0.0598. The standard InChI is InChI=1S/C24H23NO3/c1-24(2,3)22-20(16-11-7-8-12-18(16)25-22)19-15-10-6-5-9-14(15)13-17(21(19)26)23(27)28-4/h5-13,25-26H,1-4H3. The summed E-state index contributed by atoms with van der Waals surface area (Å²) in [5, 5.41) is 14.0. The number of aromatic amines is 1. The van der Waals surface area contributed by atoms with Gasteiger partial charge in [0.05, 0.1) is 7.11 Å². The van der Waals surface area contributed by atoms with Crippen LogP contribution in [0.4, 0.5) is 0 Å². The predicted octanol–water partition coefficient (Wildman–Crippen LogP) is 5.78. The Balaban J connectivity index is 2.22. The van der Waals surface area contributed by atoms with Gasteiger partial charge in [-0.2, -0.15) is 0 Å². The molecule has 0 spiro atoms. The van der Waals surface area contributed by atoms with E-state index in [2.05, 4.69) is 25.8 Å². The van der Waals surface area contributed by atoms with Gasteiger partial charge in [-0.1, -0.05) is 63.2 Å². The molecule has 1 aromatic heterocycles. The third kappa shape index (κ3) is 2.73. The molecule has 142 valence electrons. The number of carbonyl (C=O) groups excluding carboxylic acids is 1. The van der Waals surface area contributed by atoms with Crippen LogP contribution in [0.2, 0.25) is 0 Å². The quantitative estimate of drug-likeness (QED) is 0.438. The molecule has 3 aromatic carbocycles. The molecule has 0 saturated carbocycles. The van der Waals surface area contributed by atoms with Crippen LogP contribution in [0.3, 0.4) is 0 Å². The number of aromatic hydroxyl groups is 1. The molecule has 0 aliphatic rings. The van der Waals surface area contributed by atoms with Crippen molar-refractivity contribution in [1.82, 2.24) is 4.98 Å². The highest BCUT2D eigenvalue weighted by molar-refractivity contribution is 6.12. The van der Waals surface area contributed by atoms with Gasteiger partial charge in [0, 0.05) is 33.1 Å². The third-order valence-electron chi connectivity index (χ3n) is 5.13. The smallest absolute Gasteiger partial charge is 0.341 e. The van der Waals surface area contributed by atoms with Gasteiger partial charge in [0.25, 0.3) is 0 Å². The summed E-state index contributed by atoms with van der Waals surface area (Å²) >= 11 is 0. The molecule has 0 atom stereocenters. The lowest BCUT2D eigenvalue weighted by Gasteiger charge is -2.21. The average molecular weight is 373 g/mol. The van der Waals surface area contributed by atoms with Crippen molar-refractivity contribution in [3.63, 3.8) is 0 Å². The lowest BCUT2D eigenvalue weighted by atomic mass is 9.84. The van der Waals surface area contributed by atoms with E-state index in [1.54, 1.807) is 6.07 Å². The molecule has 0 saturated heterocycles. The van der Waals surface area contributed by atoms with Gasteiger partial charge in [-0.15, -0.1) is 0 Å². The number of phenols is 1. The molecule has 2 N–H and O–H groups in total. The number of esters is 1. The number of aromatic nitrogens is 1. The topological polar surface area (TPSA) is 62.3 Å². The molecule has 28 heavy (non-hydrogen) atoms. The number of benzene rings is 3. The first kappa shape index (κ1) is 18.1. The van der Waals surface area contributed by atoms with Crippen molar-refractivity contribution < 1.29 is 14.6 Å². The van der Waals surface area contributed by atoms with Crippen LogP contribution in [0.1, 0.15) is 36.8 Å². The van der Waals surface area contributed by atoms with Crippen LogP contribution in [0.15, 0.2) is 54.6 Å². The van der Waals surface area contributed by atoms with Crippen LogP contribution in [0.5, 0.6) is 5.75 Å². The second-order valence-corrected chi connectivity index (χ2v) is 8.03. The predicted molar refractivity (Wildman–Crippen MR) is 113 cm³/mol. The fourth-order valence-electron chi connectivity index (χ4n) is 3.82. The van der Waals surface area contributed by atoms with E-state index in [9.17, 15) is 9.90 Å². The van der Waals surface area contributed by atoms with Crippen molar-refractivity contribution in [3.8, 4) is 16.9 Å². The van der Waals surface area contributed by atoms with E-state index in [-0.39, 0.29) is 16.7 Å². The van der Waals surface area contributed by atoms with E-state index in [4.69, 9.17) is 4.74 Å². The molecule has 1 heterocycles. The zero-order chi connectivity index (χ0) is 20.1. The number of H-pyrrole nitrogens is 1. The Morgan fingerprint density at radius 1 is 0.964 bits per heavy atom. The van der Waals surface area contributed by atoms with E-state index < -0.39 is 5.97 Å². The number of nitrogens with one attached hydrogen (secondary N) is 1. The Bertz CT molecular complexity index is 1210. The summed E-state index contributed by atoms with van der Waals surface area (Å²) in [7, 11) is 1.32. The maximum Gasteiger partial charge on any atom is 0.341 e. The maximum atomic E-state index is 12.4. The fourth-order valence-corrected chi connectivity index (χ4v) is 3.82. The lowest BCUT2D eigenvalue weighted by Crippen LogP contribution is -2.13. The van der Waals surface area contributed by atoms with Crippen LogP contribution in [0, 0.1) is 0 Å². The number of phenolic OH excluding ortho intramolecular Hbond substituents is 1. The third-order valence-corrected chi connectivity index (χ3v) is 5.13. The molecule has 0 amide bonds. The Hall–Kier alpha value is -3.27. The highest BCUT2D eigenvalue weighted by atomic mass is 16.5. The number of hydrogen-bond acceptors (Lipinski definition) is 3. The molecule has 4 heteroatoms. The summed E-state index contributed by atoms with van der Waals surface area (Å²) in [6.45, 7) is 6.39. The summed E-state index contributed by atoms with van der Waals surface area (Å²) < 4.78 is 4.92. The van der Waals surface area contributed by atoms with Crippen molar-refractivity contribution in [3.05, 3.63) is 65.9 Å². The summed E-state index contributed by atoms with van der Waals surface area (Å²) in [5.41, 5.74) is 3.55. The monoisotopic (exact) mass is 373 g/mol. The molecular weight excluding hydrogens is 350 g/mol. The summed E-state index contributed by atoms with van der Waals surface area (Å²) in [4.78, 5) is 15.9. The van der Waals surface area contributed by atoms with Crippen LogP contribution in [-0.4, -0.2) is 23.2 Å². The Kier molecular flexibility index (Phi) is 4.15. The van der Waals surface area contributed by atoms with E-state index in [1.165, 1.54) is 7.11 Å². The molecule has 0 bridgehead atoms. The SMILES string of the molecule is COC(=O)c1cc2ccccc2c(-c2c(C(C)(C)C)[nH]c3ccccc23)c1O. The van der Waals surface area contributed by atoms with Gasteiger partial charge >= 0.3 is 5.97 Å². The Labute approximate surface area is 163 Å². The van der Waals surface area contributed by atoms with Crippen molar-refractivity contribution in [2.24, 2.45) is 0 Å². The number of fused-ring (bicyclic) bond motifs is 2. The molecule has 0 radical (unpaired) electrons. The van der Waals surface area contributed by atoms with E-state index in [0.29, 0.717) is 5.56 Å². The second-order valence-electron chi connectivity index (χ2n) is 8.03. The van der Waals surface area contributed by atoms with E-state index in [0.717, 1.165) is 32.9 Å². The first-order chi connectivity index (χ1) is 13.3. The Morgan fingerprint density at radius 3 is 2.29 bits per heavy atom. The molecule has 4 nitrogen and oxygen atoms in total.